The zero-order valence-electron chi connectivity index (χ0n) is 13.0. The first kappa shape index (κ1) is 14.5. The van der Waals surface area contributed by atoms with Crippen molar-refractivity contribution >= 4 is 10.9 Å². The standard InChI is InChI=1S/C19H25NO/c1-14(2)10-15-6-5-9-19(21,12-15)17-11-16-7-3-4-8-18(16)20-13-17/h3-4,7-8,11,13-15,21H,5-6,9-10,12H2,1-2H3. The van der Waals surface area contributed by atoms with E-state index in [0.29, 0.717) is 11.8 Å². The van der Waals surface area contributed by atoms with Gasteiger partial charge < -0.3 is 5.11 Å². The second kappa shape index (κ2) is 5.76. The van der Waals surface area contributed by atoms with Gasteiger partial charge in [-0.15, -0.1) is 0 Å². The molecule has 1 N–H and O–H groups in total. The molecule has 0 saturated heterocycles. The highest BCUT2D eigenvalue weighted by molar-refractivity contribution is 5.78. The predicted molar refractivity (Wildman–Crippen MR) is 87.1 cm³/mol. The number of para-hydroxylation sites is 1. The van der Waals surface area contributed by atoms with Gasteiger partial charge in [-0.2, -0.15) is 0 Å². The number of rotatable bonds is 3. The van der Waals surface area contributed by atoms with Gasteiger partial charge in [-0.25, -0.2) is 0 Å². The maximum absolute atomic E-state index is 11.1. The molecule has 21 heavy (non-hydrogen) atoms. The number of nitrogens with zero attached hydrogens (tertiary/aromatic N) is 1. The minimum Gasteiger partial charge on any atom is -0.385 e. The largest absolute Gasteiger partial charge is 0.385 e. The van der Waals surface area contributed by atoms with Crippen molar-refractivity contribution in [2.24, 2.45) is 11.8 Å². The summed E-state index contributed by atoms with van der Waals surface area (Å²) in [6.07, 6.45) is 7.19. The maximum atomic E-state index is 11.1. The molecule has 1 aromatic heterocycles. The van der Waals surface area contributed by atoms with Crippen molar-refractivity contribution in [3.63, 3.8) is 0 Å². The molecular formula is C19H25NO. The number of hydrogen-bond donors (Lipinski definition) is 1. The molecule has 112 valence electrons. The van der Waals surface area contributed by atoms with E-state index in [1.807, 2.05) is 24.4 Å². The molecule has 2 heteroatoms. The SMILES string of the molecule is CC(C)CC1CCCC(O)(c2cnc3ccccc3c2)C1. The Morgan fingerprint density at radius 3 is 2.95 bits per heavy atom. The van der Waals surface area contributed by atoms with Crippen molar-refractivity contribution in [1.82, 2.24) is 4.98 Å². The zero-order chi connectivity index (χ0) is 14.9. The number of benzene rings is 1. The van der Waals surface area contributed by atoms with Crippen LogP contribution in [-0.2, 0) is 5.60 Å². The molecule has 0 aliphatic heterocycles. The topological polar surface area (TPSA) is 33.1 Å². The van der Waals surface area contributed by atoms with Gasteiger partial charge >= 0.3 is 0 Å². The predicted octanol–water partition coefficient (Wildman–Crippen LogP) is 4.66. The van der Waals surface area contributed by atoms with Crippen LogP contribution in [0.5, 0.6) is 0 Å². The van der Waals surface area contributed by atoms with Crippen molar-refractivity contribution in [3.8, 4) is 0 Å². The van der Waals surface area contributed by atoms with Crippen LogP contribution in [0, 0.1) is 11.8 Å². The fraction of sp³-hybridized carbons (Fsp3) is 0.526. The normalized spacial score (nSPS) is 26.4. The van der Waals surface area contributed by atoms with Crippen LogP contribution >= 0.6 is 0 Å². The second-order valence-corrected chi connectivity index (χ2v) is 7.04. The highest BCUT2D eigenvalue weighted by atomic mass is 16.3. The Labute approximate surface area is 127 Å². The van der Waals surface area contributed by atoms with Crippen LogP contribution < -0.4 is 0 Å². The van der Waals surface area contributed by atoms with E-state index >= 15 is 0 Å². The number of aliphatic hydroxyl groups is 1. The zero-order valence-corrected chi connectivity index (χ0v) is 13.0. The summed E-state index contributed by atoms with van der Waals surface area (Å²) in [6, 6.07) is 10.2. The Morgan fingerprint density at radius 2 is 2.14 bits per heavy atom. The molecule has 2 atom stereocenters. The molecule has 1 aliphatic carbocycles. The molecule has 1 fully saturated rings. The van der Waals surface area contributed by atoms with Crippen molar-refractivity contribution < 1.29 is 5.11 Å². The van der Waals surface area contributed by atoms with Gasteiger partial charge in [0, 0.05) is 17.1 Å². The Balaban J connectivity index is 1.88. The number of pyridine rings is 1. The van der Waals surface area contributed by atoms with E-state index < -0.39 is 5.60 Å². The molecule has 1 heterocycles. The molecule has 2 nitrogen and oxygen atoms in total. The summed E-state index contributed by atoms with van der Waals surface area (Å²) in [5.41, 5.74) is 1.31. The van der Waals surface area contributed by atoms with Gasteiger partial charge in [0.2, 0.25) is 0 Å². The van der Waals surface area contributed by atoms with Crippen LogP contribution in [0.25, 0.3) is 10.9 Å². The first-order valence-electron chi connectivity index (χ1n) is 8.14. The lowest BCUT2D eigenvalue weighted by Gasteiger charge is -2.37. The van der Waals surface area contributed by atoms with E-state index in [9.17, 15) is 5.11 Å². The summed E-state index contributed by atoms with van der Waals surface area (Å²) in [5, 5.41) is 12.3. The lowest BCUT2D eigenvalue weighted by Crippen LogP contribution is -2.33. The Morgan fingerprint density at radius 1 is 1.33 bits per heavy atom. The molecule has 2 unspecified atom stereocenters. The Kier molecular flexibility index (Phi) is 3.99. The minimum atomic E-state index is -0.686. The van der Waals surface area contributed by atoms with Crippen molar-refractivity contribution in [1.29, 1.82) is 0 Å². The monoisotopic (exact) mass is 283 g/mol. The molecule has 0 radical (unpaired) electrons. The van der Waals surface area contributed by atoms with Gasteiger partial charge in [-0.1, -0.05) is 38.5 Å². The minimum absolute atomic E-state index is 0.634. The molecule has 0 spiro atoms. The van der Waals surface area contributed by atoms with Gasteiger partial charge in [-0.05, 0) is 49.7 Å². The first-order chi connectivity index (χ1) is 10.1. The van der Waals surface area contributed by atoms with Crippen LogP contribution in [0.4, 0.5) is 0 Å². The summed E-state index contributed by atoms with van der Waals surface area (Å²) >= 11 is 0. The van der Waals surface area contributed by atoms with Crippen molar-refractivity contribution in [3.05, 3.63) is 42.1 Å². The van der Waals surface area contributed by atoms with Crippen LogP contribution in [0.1, 0.15) is 51.5 Å². The van der Waals surface area contributed by atoms with E-state index in [-0.39, 0.29) is 0 Å². The number of hydrogen-bond acceptors (Lipinski definition) is 2. The third-order valence-electron chi connectivity index (χ3n) is 4.76. The molecule has 1 aromatic carbocycles. The smallest absolute Gasteiger partial charge is 0.0914 e. The summed E-state index contributed by atoms with van der Waals surface area (Å²) in [6.45, 7) is 4.54. The third kappa shape index (κ3) is 3.11. The second-order valence-electron chi connectivity index (χ2n) is 7.04. The molecule has 3 rings (SSSR count). The summed E-state index contributed by atoms with van der Waals surface area (Å²) in [5.74, 6) is 1.34. The fourth-order valence-electron chi connectivity index (χ4n) is 3.82. The maximum Gasteiger partial charge on any atom is 0.0914 e. The summed E-state index contributed by atoms with van der Waals surface area (Å²) < 4.78 is 0. The van der Waals surface area contributed by atoms with Gasteiger partial charge in [0.15, 0.2) is 0 Å². The van der Waals surface area contributed by atoms with E-state index in [0.717, 1.165) is 35.7 Å². The van der Waals surface area contributed by atoms with E-state index in [4.69, 9.17) is 0 Å². The summed E-state index contributed by atoms with van der Waals surface area (Å²) in [4.78, 5) is 4.53. The highest BCUT2D eigenvalue weighted by Crippen LogP contribution is 2.42. The molecule has 1 aliphatic rings. The average Bonchev–Trinajstić information content (AvgIpc) is 2.46. The Bertz CT molecular complexity index is 622. The van der Waals surface area contributed by atoms with Gasteiger partial charge in [0.25, 0.3) is 0 Å². The molecule has 0 amide bonds. The quantitative estimate of drug-likeness (QED) is 0.888. The van der Waals surface area contributed by atoms with Crippen LogP contribution in [0.15, 0.2) is 36.5 Å². The first-order valence-corrected chi connectivity index (χ1v) is 8.14. The molecule has 0 bridgehead atoms. The third-order valence-corrected chi connectivity index (χ3v) is 4.76. The highest BCUT2D eigenvalue weighted by Gasteiger charge is 2.36. The van der Waals surface area contributed by atoms with Crippen molar-refractivity contribution in [2.75, 3.05) is 0 Å². The van der Waals surface area contributed by atoms with Gasteiger partial charge in [0.1, 0.15) is 0 Å². The van der Waals surface area contributed by atoms with Crippen LogP contribution in [0.2, 0.25) is 0 Å². The fourth-order valence-corrected chi connectivity index (χ4v) is 3.82. The summed E-state index contributed by atoms with van der Waals surface area (Å²) in [7, 11) is 0. The molecule has 2 aromatic rings. The number of aromatic nitrogens is 1. The molecule has 1 saturated carbocycles. The Hall–Kier alpha value is -1.41. The lowest BCUT2D eigenvalue weighted by molar-refractivity contribution is -0.0246. The van der Waals surface area contributed by atoms with E-state index in [2.05, 4.69) is 31.0 Å². The number of fused-ring (bicyclic) bond motifs is 1. The average molecular weight is 283 g/mol. The molecular weight excluding hydrogens is 258 g/mol. The van der Waals surface area contributed by atoms with E-state index in [1.54, 1.807) is 0 Å². The van der Waals surface area contributed by atoms with E-state index in [1.165, 1.54) is 12.8 Å². The van der Waals surface area contributed by atoms with Crippen molar-refractivity contribution in [2.45, 2.75) is 51.6 Å². The lowest BCUT2D eigenvalue weighted by atomic mass is 9.72. The van der Waals surface area contributed by atoms with Crippen LogP contribution in [0.3, 0.4) is 0 Å². The van der Waals surface area contributed by atoms with Gasteiger partial charge in [-0.3, -0.25) is 4.98 Å². The van der Waals surface area contributed by atoms with Gasteiger partial charge in [0.05, 0.1) is 11.1 Å². The van der Waals surface area contributed by atoms with Crippen LogP contribution in [-0.4, -0.2) is 10.1 Å².